The van der Waals surface area contributed by atoms with Crippen molar-refractivity contribution in [1.29, 1.82) is 0 Å². The summed E-state index contributed by atoms with van der Waals surface area (Å²) in [6.45, 7) is 2.47. The second kappa shape index (κ2) is 4.29. The molecule has 1 saturated heterocycles. The normalized spacial score (nSPS) is 22.2. The van der Waals surface area contributed by atoms with E-state index in [1.807, 2.05) is 6.07 Å². The number of hydrogen-bond donors (Lipinski definition) is 2. The first-order chi connectivity index (χ1) is 6.77. The van der Waals surface area contributed by atoms with Gasteiger partial charge in [0.1, 0.15) is 5.75 Å². The van der Waals surface area contributed by atoms with Crippen LogP contribution in [0.15, 0.2) is 22.7 Å². The number of phenolic OH excluding ortho intramolecular Hbond substituents is 1. The van der Waals surface area contributed by atoms with Crippen molar-refractivity contribution in [3.05, 3.63) is 28.2 Å². The third kappa shape index (κ3) is 2.08. The van der Waals surface area contributed by atoms with Gasteiger partial charge in [-0.15, -0.1) is 0 Å². The fourth-order valence-electron chi connectivity index (χ4n) is 1.54. The van der Waals surface area contributed by atoms with E-state index in [9.17, 15) is 5.11 Å². The minimum atomic E-state index is 0.0822. The van der Waals surface area contributed by atoms with Crippen molar-refractivity contribution in [2.24, 2.45) is 0 Å². The maximum Gasteiger partial charge on any atom is 0.116 e. The van der Waals surface area contributed by atoms with Crippen molar-refractivity contribution in [3.63, 3.8) is 0 Å². The molecule has 0 radical (unpaired) electrons. The molecule has 1 aromatic rings. The van der Waals surface area contributed by atoms with Crippen molar-refractivity contribution in [3.8, 4) is 5.75 Å². The zero-order valence-electron chi connectivity index (χ0n) is 7.66. The van der Waals surface area contributed by atoms with Gasteiger partial charge in [-0.05, 0) is 17.7 Å². The van der Waals surface area contributed by atoms with Crippen molar-refractivity contribution in [1.82, 2.24) is 5.32 Å². The average Bonchev–Trinajstić information content (AvgIpc) is 2.19. The lowest BCUT2D eigenvalue weighted by Gasteiger charge is -2.24. The molecule has 0 aliphatic carbocycles. The summed E-state index contributed by atoms with van der Waals surface area (Å²) in [5.41, 5.74) is 1.08. The molecule has 0 aromatic heterocycles. The monoisotopic (exact) mass is 257 g/mol. The SMILES string of the molecule is Oc1ccc(C2CNCCO2)c(Br)c1. The highest BCUT2D eigenvalue weighted by atomic mass is 79.9. The van der Waals surface area contributed by atoms with E-state index < -0.39 is 0 Å². The quantitative estimate of drug-likeness (QED) is 0.807. The van der Waals surface area contributed by atoms with E-state index in [1.54, 1.807) is 12.1 Å². The third-order valence-corrected chi connectivity index (χ3v) is 2.95. The fourth-order valence-corrected chi connectivity index (χ4v) is 2.16. The first-order valence-corrected chi connectivity index (χ1v) is 5.37. The van der Waals surface area contributed by atoms with Crippen molar-refractivity contribution in [2.45, 2.75) is 6.10 Å². The van der Waals surface area contributed by atoms with Crippen LogP contribution in [-0.4, -0.2) is 24.8 Å². The van der Waals surface area contributed by atoms with E-state index >= 15 is 0 Å². The summed E-state index contributed by atoms with van der Waals surface area (Å²) in [6, 6.07) is 5.25. The van der Waals surface area contributed by atoms with Gasteiger partial charge >= 0.3 is 0 Å². The summed E-state index contributed by atoms with van der Waals surface area (Å²) >= 11 is 3.41. The molecule has 1 aromatic carbocycles. The second-order valence-corrected chi connectivity index (χ2v) is 4.12. The van der Waals surface area contributed by atoms with Gasteiger partial charge in [0.15, 0.2) is 0 Å². The summed E-state index contributed by atoms with van der Waals surface area (Å²) in [7, 11) is 0. The lowest BCUT2D eigenvalue weighted by Crippen LogP contribution is -2.33. The maximum absolute atomic E-state index is 9.25. The zero-order chi connectivity index (χ0) is 9.97. The number of benzene rings is 1. The molecule has 1 heterocycles. The highest BCUT2D eigenvalue weighted by Gasteiger charge is 2.17. The first kappa shape index (κ1) is 9.96. The van der Waals surface area contributed by atoms with Crippen molar-refractivity contribution < 1.29 is 9.84 Å². The second-order valence-electron chi connectivity index (χ2n) is 3.27. The Morgan fingerprint density at radius 2 is 2.36 bits per heavy atom. The molecule has 1 aliphatic rings. The van der Waals surface area contributed by atoms with Crippen LogP contribution in [0.3, 0.4) is 0 Å². The number of phenols is 1. The van der Waals surface area contributed by atoms with Crippen LogP contribution >= 0.6 is 15.9 Å². The summed E-state index contributed by atoms with van der Waals surface area (Å²) in [4.78, 5) is 0. The Morgan fingerprint density at radius 3 is 3.00 bits per heavy atom. The summed E-state index contributed by atoms with van der Waals surface area (Å²) in [5, 5.41) is 12.5. The van der Waals surface area contributed by atoms with Crippen LogP contribution in [0.5, 0.6) is 5.75 Å². The number of nitrogens with one attached hydrogen (secondary N) is 1. The van der Waals surface area contributed by atoms with Crippen LogP contribution in [0.25, 0.3) is 0 Å². The number of morpholine rings is 1. The number of aromatic hydroxyl groups is 1. The van der Waals surface area contributed by atoms with Gasteiger partial charge in [0, 0.05) is 17.6 Å². The van der Waals surface area contributed by atoms with Gasteiger partial charge in [0.05, 0.1) is 12.7 Å². The van der Waals surface area contributed by atoms with E-state index in [1.165, 1.54) is 0 Å². The van der Waals surface area contributed by atoms with Gasteiger partial charge in [-0.1, -0.05) is 22.0 Å². The van der Waals surface area contributed by atoms with E-state index in [4.69, 9.17) is 4.74 Å². The van der Waals surface area contributed by atoms with E-state index in [0.717, 1.165) is 29.7 Å². The lowest BCUT2D eigenvalue weighted by atomic mass is 10.1. The molecule has 0 amide bonds. The van der Waals surface area contributed by atoms with Gasteiger partial charge in [-0.25, -0.2) is 0 Å². The van der Waals surface area contributed by atoms with Gasteiger partial charge in [-0.3, -0.25) is 0 Å². The molecule has 1 unspecified atom stereocenters. The minimum Gasteiger partial charge on any atom is -0.508 e. The molecule has 3 nitrogen and oxygen atoms in total. The Kier molecular flexibility index (Phi) is 3.05. The standard InChI is InChI=1S/C10H12BrNO2/c11-9-5-7(13)1-2-8(9)10-6-12-3-4-14-10/h1-2,5,10,12-13H,3-4,6H2. The molecule has 76 valence electrons. The predicted octanol–water partition coefficient (Wildman–Crippen LogP) is 1.82. The van der Waals surface area contributed by atoms with Gasteiger partial charge < -0.3 is 15.2 Å². The third-order valence-electron chi connectivity index (χ3n) is 2.26. The highest BCUT2D eigenvalue weighted by molar-refractivity contribution is 9.10. The summed E-state index contributed by atoms with van der Waals surface area (Å²) in [6.07, 6.45) is 0.0822. The van der Waals surface area contributed by atoms with Gasteiger partial charge in [0.2, 0.25) is 0 Å². The molecule has 1 aliphatic heterocycles. The van der Waals surface area contributed by atoms with E-state index in [-0.39, 0.29) is 11.9 Å². The Labute approximate surface area is 91.2 Å². The number of rotatable bonds is 1. The smallest absolute Gasteiger partial charge is 0.116 e. The maximum atomic E-state index is 9.25. The van der Waals surface area contributed by atoms with Crippen LogP contribution in [-0.2, 0) is 4.74 Å². The van der Waals surface area contributed by atoms with E-state index in [2.05, 4.69) is 21.2 Å². The Bertz CT molecular complexity index is 324. The van der Waals surface area contributed by atoms with Crippen molar-refractivity contribution in [2.75, 3.05) is 19.7 Å². The van der Waals surface area contributed by atoms with Crippen molar-refractivity contribution >= 4 is 15.9 Å². The largest absolute Gasteiger partial charge is 0.508 e. The Morgan fingerprint density at radius 1 is 1.50 bits per heavy atom. The van der Waals surface area contributed by atoms with Crippen LogP contribution in [0.4, 0.5) is 0 Å². The molecule has 2 N–H and O–H groups in total. The van der Waals surface area contributed by atoms with Crippen LogP contribution in [0, 0.1) is 0 Å². The number of halogens is 1. The first-order valence-electron chi connectivity index (χ1n) is 4.58. The van der Waals surface area contributed by atoms with Gasteiger partial charge in [0.25, 0.3) is 0 Å². The topological polar surface area (TPSA) is 41.5 Å². The van der Waals surface area contributed by atoms with Crippen LogP contribution in [0.2, 0.25) is 0 Å². The van der Waals surface area contributed by atoms with E-state index in [0.29, 0.717) is 0 Å². The summed E-state index contributed by atoms with van der Waals surface area (Å²) < 4.78 is 6.51. The average molecular weight is 258 g/mol. The molecule has 0 spiro atoms. The van der Waals surface area contributed by atoms with Crippen LogP contribution in [0.1, 0.15) is 11.7 Å². The molecular weight excluding hydrogens is 246 g/mol. The summed E-state index contributed by atoms with van der Waals surface area (Å²) in [5.74, 6) is 0.268. The molecule has 1 atom stereocenters. The Hall–Kier alpha value is -0.580. The minimum absolute atomic E-state index is 0.0822. The molecular formula is C10H12BrNO2. The Balaban J connectivity index is 2.22. The number of hydrogen-bond acceptors (Lipinski definition) is 3. The molecule has 14 heavy (non-hydrogen) atoms. The zero-order valence-corrected chi connectivity index (χ0v) is 9.25. The van der Waals surface area contributed by atoms with Gasteiger partial charge in [-0.2, -0.15) is 0 Å². The van der Waals surface area contributed by atoms with Crippen LogP contribution < -0.4 is 5.32 Å². The predicted molar refractivity (Wildman–Crippen MR) is 57.4 cm³/mol. The highest BCUT2D eigenvalue weighted by Crippen LogP contribution is 2.29. The number of ether oxygens (including phenoxy) is 1. The molecule has 0 bridgehead atoms. The molecule has 4 heteroatoms. The fraction of sp³-hybridized carbons (Fsp3) is 0.400. The molecule has 1 fully saturated rings. The lowest BCUT2D eigenvalue weighted by molar-refractivity contribution is 0.0272. The molecule has 0 saturated carbocycles. The molecule has 2 rings (SSSR count).